The zero-order chi connectivity index (χ0) is 12.3. The van der Waals surface area contributed by atoms with Gasteiger partial charge in [-0.05, 0) is 6.92 Å². The summed E-state index contributed by atoms with van der Waals surface area (Å²) in [5.41, 5.74) is 7.31. The number of carbonyl (C=O) groups is 1. The van der Waals surface area contributed by atoms with Crippen LogP contribution in [0.15, 0.2) is 18.7 Å². The smallest absolute Gasteiger partial charge is 0.272 e. The van der Waals surface area contributed by atoms with Crippen molar-refractivity contribution in [3.8, 4) is 0 Å². The minimum atomic E-state index is -0.239. The van der Waals surface area contributed by atoms with Gasteiger partial charge in [-0.2, -0.15) is 5.10 Å². The second-order valence-electron chi connectivity index (χ2n) is 3.52. The number of aryl methyl sites for hydroxylation is 1. The van der Waals surface area contributed by atoms with Crippen LogP contribution < -0.4 is 11.1 Å². The lowest BCUT2D eigenvalue weighted by atomic mass is 10.3. The highest BCUT2D eigenvalue weighted by atomic mass is 16.2. The predicted molar refractivity (Wildman–Crippen MR) is 62.1 cm³/mol. The Morgan fingerprint density at radius 2 is 2.41 bits per heavy atom. The Hall–Kier alpha value is -2.31. The fraction of sp³-hybridized carbons (Fsp3) is 0.300. The van der Waals surface area contributed by atoms with Crippen LogP contribution in [0.5, 0.6) is 0 Å². The van der Waals surface area contributed by atoms with Crippen molar-refractivity contribution in [2.24, 2.45) is 0 Å². The van der Waals surface area contributed by atoms with Gasteiger partial charge < -0.3 is 16.0 Å². The normalized spacial score (nSPS) is 10.4. The topological polar surface area (TPSA) is 102 Å². The molecule has 0 saturated heterocycles. The first-order valence-electron chi connectivity index (χ1n) is 5.29. The van der Waals surface area contributed by atoms with E-state index in [2.05, 4.69) is 20.4 Å². The fourth-order valence-electron chi connectivity index (χ4n) is 1.53. The summed E-state index contributed by atoms with van der Waals surface area (Å²) in [7, 11) is 0. The van der Waals surface area contributed by atoms with Crippen molar-refractivity contribution in [3.63, 3.8) is 0 Å². The summed E-state index contributed by atoms with van der Waals surface area (Å²) < 4.78 is 1.57. The Labute approximate surface area is 98.0 Å². The van der Waals surface area contributed by atoms with E-state index < -0.39 is 0 Å². The third-order valence-electron chi connectivity index (χ3n) is 2.38. The molecule has 0 fully saturated rings. The Balaban J connectivity index is 2.06. The first-order valence-corrected chi connectivity index (χ1v) is 5.29. The monoisotopic (exact) mass is 234 g/mol. The van der Waals surface area contributed by atoms with E-state index >= 15 is 0 Å². The lowest BCUT2D eigenvalue weighted by Crippen LogP contribution is -2.26. The molecule has 2 rings (SSSR count). The van der Waals surface area contributed by atoms with Gasteiger partial charge in [-0.1, -0.05) is 0 Å². The van der Waals surface area contributed by atoms with Crippen LogP contribution >= 0.6 is 0 Å². The lowest BCUT2D eigenvalue weighted by Gasteiger charge is -2.06. The van der Waals surface area contributed by atoms with Crippen molar-refractivity contribution in [1.29, 1.82) is 0 Å². The maximum atomic E-state index is 11.9. The number of imidazole rings is 1. The van der Waals surface area contributed by atoms with E-state index in [1.54, 1.807) is 17.2 Å². The van der Waals surface area contributed by atoms with E-state index in [4.69, 9.17) is 5.73 Å². The Morgan fingerprint density at radius 1 is 1.59 bits per heavy atom. The van der Waals surface area contributed by atoms with E-state index in [9.17, 15) is 4.79 Å². The minimum absolute atomic E-state index is 0.239. The lowest BCUT2D eigenvalue weighted by molar-refractivity contribution is 0.0940. The fourth-order valence-corrected chi connectivity index (χ4v) is 1.53. The average Bonchev–Trinajstić information content (AvgIpc) is 2.94. The van der Waals surface area contributed by atoms with Crippen LogP contribution in [0.2, 0.25) is 0 Å². The van der Waals surface area contributed by atoms with Crippen molar-refractivity contribution >= 4 is 11.6 Å². The molecule has 2 aromatic heterocycles. The molecule has 2 heterocycles. The first kappa shape index (κ1) is 11.2. The highest BCUT2D eigenvalue weighted by Crippen LogP contribution is 2.10. The molecule has 0 spiro atoms. The molecule has 0 radical (unpaired) electrons. The van der Waals surface area contributed by atoms with E-state index in [0.29, 0.717) is 24.5 Å². The van der Waals surface area contributed by atoms with E-state index in [1.807, 2.05) is 6.92 Å². The summed E-state index contributed by atoms with van der Waals surface area (Å²) in [4.78, 5) is 18.7. The van der Waals surface area contributed by atoms with Gasteiger partial charge in [0.2, 0.25) is 0 Å². The molecule has 0 aliphatic rings. The molecule has 4 N–H and O–H groups in total. The summed E-state index contributed by atoms with van der Waals surface area (Å²) in [6.45, 7) is 2.88. The molecular formula is C10H14N6O. The zero-order valence-electron chi connectivity index (χ0n) is 9.47. The van der Waals surface area contributed by atoms with E-state index in [1.165, 1.54) is 6.20 Å². The summed E-state index contributed by atoms with van der Waals surface area (Å²) in [6, 6.07) is 0. The molecule has 90 valence electrons. The number of aromatic nitrogens is 4. The van der Waals surface area contributed by atoms with Gasteiger partial charge in [-0.3, -0.25) is 9.48 Å². The molecule has 0 saturated carbocycles. The van der Waals surface area contributed by atoms with E-state index in [0.717, 1.165) is 5.69 Å². The standard InChI is InChI=1S/C10H14N6O/c1-2-16-9(8(11)5-15-16)10(17)13-4-7-3-12-6-14-7/h3,5-6H,2,4,11H2,1H3,(H,12,14)(H,13,17). The van der Waals surface area contributed by atoms with Gasteiger partial charge in [0.15, 0.2) is 0 Å². The second kappa shape index (κ2) is 4.69. The van der Waals surface area contributed by atoms with Crippen LogP contribution in [0.25, 0.3) is 0 Å². The molecule has 0 aliphatic carbocycles. The molecule has 0 unspecified atom stereocenters. The number of aromatic amines is 1. The number of amides is 1. The molecule has 0 aliphatic heterocycles. The van der Waals surface area contributed by atoms with Crippen LogP contribution in [0.4, 0.5) is 5.69 Å². The summed E-state index contributed by atoms with van der Waals surface area (Å²) in [5, 5.41) is 6.76. The van der Waals surface area contributed by atoms with Gasteiger partial charge in [0.25, 0.3) is 5.91 Å². The van der Waals surface area contributed by atoms with Gasteiger partial charge in [0.1, 0.15) is 5.69 Å². The number of nitrogen functional groups attached to an aromatic ring is 1. The number of hydrogen-bond donors (Lipinski definition) is 3. The quantitative estimate of drug-likeness (QED) is 0.700. The minimum Gasteiger partial charge on any atom is -0.396 e. The first-order chi connectivity index (χ1) is 8.22. The number of anilines is 1. The number of nitrogens with one attached hydrogen (secondary N) is 2. The highest BCUT2D eigenvalue weighted by molar-refractivity contribution is 5.97. The largest absolute Gasteiger partial charge is 0.396 e. The maximum Gasteiger partial charge on any atom is 0.272 e. The predicted octanol–water partition coefficient (Wildman–Crippen LogP) is 0.138. The molecule has 0 aromatic carbocycles. The maximum absolute atomic E-state index is 11.9. The Morgan fingerprint density at radius 3 is 3.06 bits per heavy atom. The van der Waals surface area contributed by atoms with Crippen molar-refractivity contribution in [2.45, 2.75) is 20.0 Å². The zero-order valence-corrected chi connectivity index (χ0v) is 9.47. The number of hydrogen-bond acceptors (Lipinski definition) is 4. The van der Waals surface area contributed by atoms with Crippen LogP contribution in [0, 0.1) is 0 Å². The number of H-pyrrole nitrogens is 1. The number of rotatable bonds is 4. The van der Waals surface area contributed by atoms with Gasteiger partial charge in [-0.25, -0.2) is 4.98 Å². The van der Waals surface area contributed by atoms with Gasteiger partial charge in [-0.15, -0.1) is 0 Å². The van der Waals surface area contributed by atoms with Crippen molar-refractivity contribution in [3.05, 3.63) is 30.1 Å². The number of carbonyl (C=O) groups excluding carboxylic acids is 1. The van der Waals surface area contributed by atoms with Gasteiger partial charge >= 0.3 is 0 Å². The molecule has 17 heavy (non-hydrogen) atoms. The highest BCUT2D eigenvalue weighted by Gasteiger charge is 2.15. The summed E-state index contributed by atoms with van der Waals surface area (Å²) >= 11 is 0. The molecule has 7 nitrogen and oxygen atoms in total. The van der Waals surface area contributed by atoms with Crippen LogP contribution in [0.3, 0.4) is 0 Å². The van der Waals surface area contributed by atoms with Gasteiger partial charge in [0, 0.05) is 12.7 Å². The van der Waals surface area contributed by atoms with Crippen molar-refractivity contribution in [2.75, 3.05) is 5.73 Å². The van der Waals surface area contributed by atoms with Crippen LogP contribution in [0.1, 0.15) is 23.1 Å². The number of nitrogens with two attached hydrogens (primary N) is 1. The molecule has 7 heteroatoms. The van der Waals surface area contributed by atoms with Gasteiger partial charge in [0.05, 0.1) is 30.5 Å². The van der Waals surface area contributed by atoms with E-state index in [-0.39, 0.29) is 5.91 Å². The SMILES string of the molecule is CCn1ncc(N)c1C(=O)NCc1cnc[nH]1. The summed E-state index contributed by atoms with van der Waals surface area (Å²) in [6.07, 6.45) is 4.70. The van der Waals surface area contributed by atoms with Crippen molar-refractivity contribution in [1.82, 2.24) is 25.1 Å². The molecule has 0 bridgehead atoms. The third kappa shape index (κ3) is 2.27. The molecular weight excluding hydrogens is 220 g/mol. The number of nitrogens with zero attached hydrogens (tertiary/aromatic N) is 3. The Bertz CT molecular complexity index is 501. The molecule has 1 amide bonds. The average molecular weight is 234 g/mol. The van der Waals surface area contributed by atoms with Crippen LogP contribution in [-0.2, 0) is 13.1 Å². The molecule has 0 atom stereocenters. The van der Waals surface area contributed by atoms with Crippen molar-refractivity contribution < 1.29 is 4.79 Å². The Kier molecular flexibility index (Phi) is 3.08. The third-order valence-corrected chi connectivity index (χ3v) is 2.38. The molecule has 2 aromatic rings. The van der Waals surface area contributed by atoms with Crippen LogP contribution in [-0.4, -0.2) is 25.7 Å². The summed E-state index contributed by atoms with van der Waals surface area (Å²) in [5.74, 6) is -0.239. The second-order valence-corrected chi connectivity index (χ2v) is 3.52.